The molecule has 3 heteroatoms. The van der Waals surface area contributed by atoms with Crippen molar-refractivity contribution in [2.45, 2.75) is 12.8 Å². The van der Waals surface area contributed by atoms with E-state index in [1.165, 1.54) is 11.3 Å². The van der Waals surface area contributed by atoms with Gasteiger partial charge in [0.05, 0.1) is 0 Å². The van der Waals surface area contributed by atoms with Crippen molar-refractivity contribution in [3.05, 3.63) is 29.3 Å². The maximum Gasteiger partial charge on any atom is 0.252 e. The van der Waals surface area contributed by atoms with Crippen LogP contribution in [0.1, 0.15) is 22.3 Å². The molecule has 1 aliphatic rings. The quantitative estimate of drug-likeness (QED) is 0.663. The Kier molecular flexibility index (Phi) is 2.46. The minimum Gasteiger partial charge on any atom is -0.374 e. The standard InChI is InChI=1S/C11H12ClNO/c1-13-6-2-3-8-7-9(11(12)14)4-5-10(8)13/h4-5,7H,2-3,6H2,1H3. The summed E-state index contributed by atoms with van der Waals surface area (Å²) in [6, 6.07) is 5.67. The van der Waals surface area contributed by atoms with Crippen molar-refractivity contribution >= 4 is 22.5 Å². The fourth-order valence-electron chi connectivity index (χ4n) is 1.91. The third kappa shape index (κ3) is 1.62. The van der Waals surface area contributed by atoms with Gasteiger partial charge in [-0.25, -0.2) is 0 Å². The van der Waals surface area contributed by atoms with E-state index in [4.69, 9.17) is 11.6 Å². The number of halogens is 1. The van der Waals surface area contributed by atoms with Crippen LogP contribution in [0.4, 0.5) is 5.69 Å². The highest BCUT2D eigenvalue weighted by molar-refractivity contribution is 6.67. The molecule has 14 heavy (non-hydrogen) atoms. The second kappa shape index (κ2) is 3.62. The Balaban J connectivity index is 2.44. The summed E-state index contributed by atoms with van der Waals surface area (Å²) in [7, 11) is 2.07. The van der Waals surface area contributed by atoms with E-state index in [9.17, 15) is 4.79 Å². The molecule has 0 saturated carbocycles. The second-order valence-electron chi connectivity index (χ2n) is 3.64. The Morgan fingerprint density at radius 2 is 2.29 bits per heavy atom. The van der Waals surface area contributed by atoms with E-state index in [1.807, 2.05) is 12.1 Å². The molecular weight excluding hydrogens is 198 g/mol. The van der Waals surface area contributed by atoms with Crippen LogP contribution in [0.5, 0.6) is 0 Å². The van der Waals surface area contributed by atoms with Gasteiger partial charge in [-0.2, -0.15) is 0 Å². The molecule has 74 valence electrons. The van der Waals surface area contributed by atoms with E-state index in [1.54, 1.807) is 6.07 Å². The van der Waals surface area contributed by atoms with E-state index in [0.717, 1.165) is 19.4 Å². The average molecular weight is 210 g/mol. The van der Waals surface area contributed by atoms with Crippen LogP contribution in [0.15, 0.2) is 18.2 Å². The lowest BCUT2D eigenvalue weighted by molar-refractivity contribution is 0.108. The van der Waals surface area contributed by atoms with Gasteiger partial charge in [-0.05, 0) is 48.2 Å². The Morgan fingerprint density at radius 1 is 1.50 bits per heavy atom. The summed E-state index contributed by atoms with van der Waals surface area (Å²) in [6.45, 7) is 1.08. The van der Waals surface area contributed by atoms with E-state index in [0.29, 0.717) is 5.56 Å². The van der Waals surface area contributed by atoms with Crippen molar-refractivity contribution < 1.29 is 4.79 Å². The van der Waals surface area contributed by atoms with Crippen molar-refractivity contribution in [2.24, 2.45) is 0 Å². The molecule has 1 aromatic carbocycles. The molecule has 0 bridgehead atoms. The van der Waals surface area contributed by atoms with Gasteiger partial charge < -0.3 is 4.90 Å². The van der Waals surface area contributed by atoms with E-state index >= 15 is 0 Å². The number of aryl methyl sites for hydroxylation is 1. The summed E-state index contributed by atoms with van der Waals surface area (Å²) in [5.41, 5.74) is 3.05. The van der Waals surface area contributed by atoms with Gasteiger partial charge in [0.15, 0.2) is 0 Å². The first-order valence-corrected chi connectivity index (χ1v) is 5.10. The maximum absolute atomic E-state index is 11.0. The van der Waals surface area contributed by atoms with Gasteiger partial charge in [0.25, 0.3) is 5.24 Å². The fraction of sp³-hybridized carbons (Fsp3) is 0.364. The molecule has 1 aliphatic heterocycles. The lowest BCUT2D eigenvalue weighted by Gasteiger charge is -2.27. The minimum atomic E-state index is -0.374. The summed E-state index contributed by atoms with van der Waals surface area (Å²) in [5.74, 6) is 0. The number of carbonyl (C=O) groups excluding carboxylic acids is 1. The number of nitrogens with zero attached hydrogens (tertiary/aromatic N) is 1. The molecule has 0 radical (unpaired) electrons. The number of fused-ring (bicyclic) bond motifs is 1. The highest BCUT2D eigenvalue weighted by atomic mass is 35.5. The largest absolute Gasteiger partial charge is 0.374 e. The first-order chi connectivity index (χ1) is 6.68. The number of hydrogen-bond acceptors (Lipinski definition) is 2. The SMILES string of the molecule is CN1CCCc2cc(C(=O)Cl)ccc21. The molecule has 2 nitrogen and oxygen atoms in total. The van der Waals surface area contributed by atoms with Crippen molar-refractivity contribution in [3.8, 4) is 0 Å². The Hall–Kier alpha value is -1.02. The van der Waals surface area contributed by atoms with Gasteiger partial charge in [-0.1, -0.05) is 0 Å². The van der Waals surface area contributed by atoms with Gasteiger partial charge in [0, 0.05) is 24.8 Å². The number of anilines is 1. The molecule has 0 N–H and O–H groups in total. The van der Waals surface area contributed by atoms with Crippen molar-refractivity contribution in [2.75, 3.05) is 18.5 Å². The lowest BCUT2D eigenvalue weighted by atomic mass is 10.00. The van der Waals surface area contributed by atoms with Crippen LogP contribution in [0, 0.1) is 0 Å². The fourth-order valence-corrected chi connectivity index (χ4v) is 2.03. The zero-order chi connectivity index (χ0) is 10.1. The molecule has 0 amide bonds. The smallest absolute Gasteiger partial charge is 0.252 e. The average Bonchev–Trinajstić information content (AvgIpc) is 2.17. The minimum absolute atomic E-state index is 0.374. The number of hydrogen-bond donors (Lipinski definition) is 0. The summed E-state index contributed by atoms with van der Waals surface area (Å²) >= 11 is 5.43. The van der Waals surface area contributed by atoms with Gasteiger partial charge in [-0.3, -0.25) is 4.79 Å². The molecule has 1 heterocycles. The van der Waals surface area contributed by atoms with Gasteiger partial charge in [0.1, 0.15) is 0 Å². The molecular formula is C11H12ClNO. The number of rotatable bonds is 1. The molecule has 0 aliphatic carbocycles. The molecule has 0 atom stereocenters. The predicted octanol–water partition coefficient (Wildman–Crippen LogP) is 2.45. The van der Waals surface area contributed by atoms with Crippen LogP contribution in [0.2, 0.25) is 0 Å². The van der Waals surface area contributed by atoms with Crippen molar-refractivity contribution in [1.29, 1.82) is 0 Å². The van der Waals surface area contributed by atoms with Gasteiger partial charge in [0.2, 0.25) is 0 Å². The first-order valence-electron chi connectivity index (χ1n) is 4.72. The maximum atomic E-state index is 11.0. The first kappa shape index (κ1) is 9.53. The third-order valence-corrected chi connectivity index (χ3v) is 2.88. The number of benzene rings is 1. The zero-order valence-corrected chi connectivity index (χ0v) is 8.84. The second-order valence-corrected chi connectivity index (χ2v) is 3.99. The highest BCUT2D eigenvalue weighted by Crippen LogP contribution is 2.27. The van der Waals surface area contributed by atoms with E-state index < -0.39 is 0 Å². The van der Waals surface area contributed by atoms with Crippen LogP contribution in [-0.4, -0.2) is 18.8 Å². The van der Waals surface area contributed by atoms with Crippen molar-refractivity contribution in [3.63, 3.8) is 0 Å². The summed E-state index contributed by atoms with van der Waals surface area (Å²) < 4.78 is 0. The highest BCUT2D eigenvalue weighted by Gasteiger charge is 2.14. The van der Waals surface area contributed by atoms with Crippen LogP contribution in [-0.2, 0) is 6.42 Å². The molecule has 0 spiro atoms. The van der Waals surface area contributed by atoms with E-state index in [-0.39, 0.29) is 5.24 Å². The molecule has 0 fully saturated rings. The normalized spacial score (nSPS) is 15.1. The zero-order valence-electron chi connectivity index (χ0n) is 8.09. The summed E-state index contributed by atoms with van der Waals surface area (Å²) in [4.78, 5) is 13.2. The molecule has 0 unspecified atom stereocenters. The van der Waals surface area contributed by atoms with Crippen molar-refractivity contribution in [1.82, 2.24) is 0 Å². The van der Waals surface area contributed by atoms with Gasteiger partial charge in [-0.15, -0.1) is 0 Å². The summed E-state index contributed by atoms with van der Waals surface area (Å²) in [6.07, 6.45) is 2.18. The Labute approximate surface area is 88.5 Å². The van der Waals surface area contributed by atoms with E-state index in [2.05, 4.69) is 11.9 Å². The van der Waals surface area contributed by atoms with Crippen LogP contribution < -0.4 is 4.90 Å². The van der Waals surface area contributed by atoms with Crippen LogP contribution in [0.3, 0.4) is 0 Å². The monoisotopic (exact) mass is 209 g/mol. The Morgan fingerprint density at radius 3 is 3.00 bits per heavy atom. The molecule has 2 rings (SSSR count). The molecule has 0 saturated heterocycles. The Bertz CT molecular complexity index is 376. The van der Waals surface area contributed by atoms with Gasteiger partial charge >= 0.3 is 0 Å². The third-order valence-electron chi connectivity index (χ3n) is 2.66. The van der Waals surface area contributed by atoms with Crippen LogP contribution in [0.25, 0.3) is 0 Å². The summed E-state index contributed by atoms with van der Waals surface area (Å²) in [5, 5.41) is -0.374. The number of carbonyl (C=O) groups is 1. The van der Waals surface area contributed by atoms with Crippen LogP contribution >= 0.6 is 11.6 Å². The molecule has 0 aromatic heterocycles. The predicted molar refractivity (Wildman–Crippen MR) is 58.2 cm³/mol. The molecule has 1 aromatic rings. The topological polar surface area (TPSA) is 20.3 Å². The lowest BCUT2D eigenvalue weighted by Crippen LogP contribution is -2.24.